The highest BCUT2D eigenvalue weighted by Crippen LogP contribution is 2.34. The van der Waals surface area contributed by atoms with Crippen LogP contribution in [0.5, 0.6) is 11.5 Å². The van der Waals surface area contributed by atoms with Gasteiger partial charge in [-0.15, -0.1) is 0 Å². The molecular formula is C18H19NO4. The molecule has 5 heteroatoms. The third-order valence-electron chi connectivity index (χ3n) is 3.76. The minimum Gasteiger partial charge on any atom is -0.454 e. The lowest BCUT2D eigenvalue weighted by Gasteiger charge is -2.12. The van der Waals surface area contributed by atoms with Crippen molar-refractivity contribution >= 4 is 5.91 Å². The average molecular weight is 313 g/mol. The first kappa shape index (κ1) is 15.4. The number of carbonyl (C=O) groups is 1. The summed E-state index contributed by atoms with van der Waals surface area (Å²) in [6, 6.07) is 12.8. The van der Waals surface area contributed by atoms with Crippen LogP contribution in [0.3, 0.4) is 0 Å². The smallest absolute Gasteiger partial charge is 0.251 e. The van der Waals surface area contributed by atoms with Crippen molar-refractivity contribution in [1.29, 1.82) is 0 Å². The molecular weight excluding hydrogens is 294 g/mol. The van der Waals surface area contributed by atoms with E-state index in [0.29, 0.717) is 30.0 Å². The summed E-state index contributed by atoms with van der Waals surface area (Å²) in [4.78, 5) is 12.0. The third kappa shape index (κ3) is 3.63. The van der Waals surface area contributed by atoms with E-state index >= 15 is 0 Å². The van der Waals surface area contributed by atoms with Crippen LogP contribution in [0.4, 0.5) is 0 Å². The molecule has 5 nitrogen and oxygen atoms in total. The lowest BCUT2D eigenvalue weighted by atomic mass is 10.1. The quantitative estimate of drug-likeness (QED) is 0.890. The van der Waals surface area contributed by atoms with E-state index in [9.17, 15) is 9.90 Å². The molecule has 1 aliphatic heterocycles. The molecule has 0 bridgehead atoms. The highest BCUT2D eigenvalue weighted by atomic mass is 16.7. The number of carbonyl (C=O) groups excluding carboxylic acids is 1. The van der Waals surface area contributed by atoms with Crippen molar-refractivity contribution in [1.82, 2.24) is 5.32 Å². The lowest BCUT2D eigenvalue weighted by molar-refractivity contribution is 0.0942. The SMILES string of the molecule is Cc1cccc(C(=O)NCCC(O)c2ccc3c(c2)OCO3)c1. The van der Waals surface area contributed by atoms with E-state index in [-0.39, 0.29) is 12.7 Å². The highest BCUT2D eigenvalue weighted by molar-refractivity contribution is 5.94. The van der Waals surface area contributed by atoms with Gasteiger partial charge >= 0.3 is 0 Å². The topological polar surface area (TPSA) is 67.8 Å². The fraction of sp³-hybridized carbons (Fsp3) is 0.278. The normalized spacial score (nSPS) is 13.7. The number of aliphatic hydroxyl groups is 1. The van der Waals surface area contributed by atoms with Gasteiger partial charge in [0, 0.05) is 12.1 Å². The fourth-order valence-electron chi connectivity index (χ4n) is 2.50. The zero-order valence-electron chi connectivity index (χ0n) is 12.9. The Hall–Kier alpha value is -2.53. The number of amides is 1. The van der Waals surface area contributed by atoms with Crippen LogP contribution in [0.2, 0.25) is 0 Å². The second kappa shape index (κ2) is 6.71. The summed E-state index contributed by atoms with van der Waals surface area (Å²) < 4.78 is 10.5. The maximum Gasteiger partial charge on any atom is 0.251 e. The number of nitrogens with one attached hydrogen (secondary N) is 1. The molecule has 2 N–H and O–H groups in total. The van der Waals surface area contributed by atoms with Crippen LogP contribution in [0, 0.1) is 6.92 Å². The molecule has 0 saturated carbocycles. The van der Waals surface area contributed by atoms with Crippen molar-refractivity contribution in [3.05, 3.63) is 59.2 Å². The Morgan fingerprint density at radius 1 is 1.22 bits per heavy atom. The Bertz CT molecular complexity index is 714. The van der Waals surface area contributed by atoms with Gasteiger partial charge in [-0.3, -0.25) is 4.79 Å². The number of benzene rings is 2. The van der Waals surface area contributed by atoms with Gasteiger partial charge in [-0.25, -0.2) is 0 Å². The first-order valence-electron chi connectivity index (χ1n) is 7.56. The number of aliphatic hydroxyl groups excluding tert-OH is 1. The summed E-state index contributed by atoms with van der Waals surface area (Å²) in [6.07, 6.45) is -0.237. The number of ether oxygens (including phenoxy) is 2. The van der Waals surface area contributed by atoms with Gasteiger partial charge < -0.3 is 19.9 Å². The van der Waals surface area contributed by atoms with E-state index < -0.39 is 6.10 Å². The number of aryl methyl sites for hydroxylation is 1. The first-order valence-corrected chi connectivity index (χ1v) is 7.56. The van der Waals surface area contributed by atoms with Gasteiger partial charge in [0.05, 0.1) is 6.10 Å². The molecule has 0 aliphatic carbocycles. The summed E-state index contributed by atoms with van der Waals surface area (Å²) in [7, 11) is 0. The Morgan fingerprint density at radius 2 is 2.04 bits per heavy atom. The summed E-state index contributed by atoms with van der Waals surface area (Å²) in [5, 5.41) is 13.1. The van der Waals surface area contributed by atoms with E-state index in [4.69, 9.17) is 9.47 Å². The number of rotatable bonds is 5. The standard InChI is InChI=1S/C18H19NO4/c1-12-3-2-4-14(9-12)18(21)19-8-7-15(20)13-5-6-16-17(10-13)23-11-22-16/h2-6,9-10,15,20H,7-8,11H2,1H3,(H,19,21). The Morgan fingerprint density at radius 3 is 2.87 bits per heavy atom. The molecule has 120 valence electrons. The predicted molar refractivity (Wildman–Crippen MR) is 85.7 cm³/mol. The second-order valence-electron chi connectivity index (χ2n) is 5.54. The van der Waals surface area contributed by atoms with E-state index in [1.165, 1.54) is 0 Å². The van der Waals surface area contributed by atoms with Crippen molar-refractivity contribution < 1.29 is 19.4 Å². The summed E-state index contributed by atoms with van der Waals surface area (Å²) in [5.41, 5.74) is 2.42. The first-order chi connectivity index (χ1) is 11.1. The summed E-state index contributed by atoms with van der Waals surface area (Å²) in [5.74, 6) is 1.20. The molecule has 1 amide bonds. The largest absolute Gasteiger partial charge is 0.454 e. The molecule has 0 radical (unpaired) electrons. The number of hydrogen-bond donors (Lipinski definition) is 2. The van der Waals surface area contributed by atoms with Crippen LogP contribution in [-0.2, 0) is 0 Å². The van der Waals surface area contributed by atoms with Crippen molar-refractivity contribution in [3.8, 4) is 11.5 Å². The molecule has 1 atom stereocenters. The minimum atomic E-state index is -0.665. The zero-order valence-corrected chi connectivity index (χ0v) is 12.9. The van der Waals surface area contributed by atoms with Crippen LogP contribution in [0.25, 0.3) is 0 Å². The molecule has 23 heavy (non-hydrogen) atoms. The van der Waals surface area contributed by atoms with Crippen molar-refractivity contribution in [2.75, 3.05) is 13.3 Å². The number of fused-ring (bicyclic) bond motifs is 1. The Kier molecular flexibility index (Phi) is 4.48. The van der Waals surface area contributed by atoms with Crippen molar-refractivity contribution in [3.63, 3.8) is 0 Å². The second-order valence-corrected chi connectivity index (χ2v) is 5.54. The molecule has 2 aromatic carbocycles. The van der Waals surface area contributed by atoms with Gasteiger partial charge in [-0.05, 0) is 43.2 Å². The van der Waals surface area contributed by atoms with Gasteiger partial charge in [0.2, 0.25) is 6.79 Å². The Labute approximate surface area is 134 Å². The van der Waals surface area contributed by atoms with Gasteiger partial charge in [0.1, 0.15) is 0 Å². The van der Waals surface area contributed by atoms with E-state index in [1.54, 1.807) is 24.3 Å². The van der Waals surface area contributed by atoms with Gasteiger partial charge in [0.25, 0.3) is 5.91 Å². The van der Waals surface area contributed by atoms with Gasteiger partial charge in [-0.2, -0.15) is 0 Å². The van der Waals surface area contributed by atoms with Crippen molar-refractivity contribution in [2.45, 2.75) is 19.4 Å². The lowest BCUT2D eigenvalue weighted by Crippen LogP contribution is -2.25. The van der Waals surface area contributed by atoms with E-state index in [1.807, 2.05) is 25.1 Å². The molecule has 1 aliphatic rings. The highest BCUT2D eigenvalue weighted by Gasteiger charge is 2.16. The predicted octanol–water partition coefficient (Wildman–Crippen LogP) is 2.58. The molecule has 0 spiro atoms. The van der Waals surface area contributed by atoms with Crippen LogP contribution in [-0.4, -0.2) is 24.4 Å². The average Bonchev–Trinajstić information content (AvgIpc) is 3.02. The minimum absolute atomic E-state index is 0.133. The fourth-order valence-corrected chi connectivity index (χ4v) is 2.50. The van der Waals surface area contributed by atoms with Gasteiger partial charge in [0.15, 0.2) is 11.5 Å². The summed E-state index contributed by atoms with van der Waals surface area (Å²) >= 11 is 0. The third-order valence-corrected chi connectivity index (χ3v) is 3.76. The van der Waals surface area contributed by atoms with Crippen LogP contribution < -0.4 is 14.8 Å². The summed E-state index contributed by atoms with van der Waals surface area (Å²) in [6.45, 7) is 2.55. The van der Waals surface area contributed by atoms with Gasteiger partial charge in [-0.1, -0.05) is 23.8 Å². The number of hydrogen-bond acceptors (Lipinski definition) is 4. The maximum atomic E-state index is 12.0. The molecule has 2 aromatic rings. The zero-order chi connectivity index (χ0) is 16.2. The van der Waals surface area contributed by atoms with Crippen LogP contribution >= 0.6 is 0 Å². The molecule has 1 unspecified atom stereocenters. The molecule has 1 heterocycles. The monoisotopic (exact) mass is 313 g/mol. The molecule has 0 fully saturated rings. The van der Waals surface area contributed by atoms with E-state index in [0.717, 1.165) is 11.1 Å². The van der Waals surface area contributed by atoms with Crippen LogP contribution in [0.1, 0.15) is 34.0 Å². The molecule has 0 saturated heterocycles. The maximum absolute atomic E-state index is 12.0. The van der Waals surface area contributed by atoms with E-state index in [2.05, 4.69) is 5.32 Å². The van der Waals surface area contributed by atoms with Crippen LogP contribution in [0.15, 0.2) is 42.5 Å². The Balaban J connectivity index is 1.53. The molecule has 0 aromatic heterocycles. The van der Waals surface area contributed by atoms with Crippen molar-refractivity contribution in [2.24, 2.45) is 0 Å². The molecule has 3 rings (SSSR count).